The average molecular weight is 248 g/mol. The van der Waals surface area contributed by atoms with E-state index in [2.05, 4.69) is 10.6 Å². The molecule has 0 saturated carbocycles. The molecule has 0 saturated heterocycles. The van der Waals surface area contributed by atoms with Crippen LogP contribution in [0.3, 0.4) is 0 Å². The van der Waals surface area contributed by atoms with Gasteiger partial charge in [-0.25, -0.2) is 0 Å². The number of carboxylic acid groups (broad SMARTS) is 1. The average Bonchev–Trinajstić information content (AvgIpc) is 2.37. The number of hydrogen-bond donors (Lipinski definition) is 3. The monoisotopic (exact) mass is 248 g/mol. The highest BCUT2D eigenvalue weighted by Gasteiger charge is 2.26. The van der Waals surface area contributed by atoms with E-state index in [-0.39, 0.29) is 11.8 Å². The Kier molecular flexibility index (Phi) is 3.50. The SMILES string of the molecule is C[C@H](NC(=O)C1CNc2ccccc2C1)C(=O)O. The zero-order valence-electron chi connectivity index (χ0n) is 10.1. The van der Waals surface area contributed by atoms with Gasteiger partial charge in [0.15, 0.2) is 0 Å². The van der Waals surface area contributed by atoms with E-state index in [1.54, 1.807) is 0 Å². The molecule has 1 amide bonds. The fraction of sp³-hybridized carbons (Fsp3) is 0.385. The van der Waals surface area contributed by atoms with Crippen molar-refractivity contribution in [2.24, 2.45) is 5.92 Å². The summed E-state index contributed by atoms with van der Waals surface area (Å²) in [6.07, 6.45) is 0.640. The Morgan fingerprint density at radius 2 is 2.17 bits per heavy atom. The van der Waals surface area contributed by atoms with Crippen molar-refractivity contribution >= 4 is 17.6 Å². The summed E-state index contributed by atoms with van der Waals surface area (Å²) in [6.45, 7) is 2.00. The summed E-state index contributed by atoms with van der Waals surface area (Å²) in [5, 5.41) is 14.4. The van der Waals surface area contributed by atoms with Crippen molar-refractivity contribution in [2.45, 2.75) is 19.4 Å². The Balaban J connectivity index is 2.00. The predicted octanol–water partition coefficient (Wildman–Crippen LogP) is 0.860. The molecule has 1 aliphatic rings. The van der Waals surface area contributed by atoms with E-state index < -0.39 is 12.0 Å². The second-order valence-corrected chi connectivity index (χ2v) is 4.51. The molecule has 1 aromatic rings. The Hall–Kier alpha value is -2.04. The largest absolute Gasteiger partial charge is 0.480 e. The first kappa shape index (κ1) is 12.4. The van der Waals surface area contributed by atoms with Crippen LogP contribution >= 0.6 is 0 Å². The number of aliphatic carboxylic acids is 1. The minimum atomic E-state index is -1.02. The molecular formula is C13H16N2O3. The van der Waals surface area contributed by atoms with Gasteiger partial charge in [-0.1, -0.05) is 18.2 Å². The molecule has 1 aliphatic heterocycles. The third kappa shape index (κ3) is 2.61. The van der Waals surface area contributed by atoms with Gasteiger partial charge in [-0.3, -0.25) is 9.59 Å². The van der Waals surface area contributed by atoms with Gasteiger partial charge in [-0.2, -0.15) is 0 Å². The highest BCUT2D eigenvalue weighted by atomic mass is 16.4. The highest BCUT2D eigenvalue weighted by molar-refractivity contribution is 5.85. The Labute approximate surface area is 105 Å². The fourth-order valence-corrected chi connectivity index (χ4v) is 2.02. The number of carbonyl (C=O) groups excluding carboxylic acids is 1. The van der Waals surface area contributed by atoms with Crippen molar-refractivity contribution in [2.75, 3.05) is 11.9 Å². The summed E-state index contributed by atoms with van der Waals surface area (Å²) in [5.41, 5.74) is 2.14. The second-order valence-electron chi connectivity index (χ2n) is 4.51. The van der Waals surface area contributed by atoms with Gasteiger partial charge in [-0.15, -0.1) is 0 Å². The molecule has 3 N–H and O–H groups in total. The molecule has 1 aromatic carbocycles. The maximum Gasteiger partial charge on any atom is 0.325 e. The van der Waals surface area contributed by atoms with Gasteiger partial charge in [0, 0.05) is 12.2 Å². The molecule has 5 nitrogen and oxygen atoms in total. The first-order valence-electron chi connectivity index (χ1n) is 5.93. The molecule has 96 valence electrons. The molecule has 5 heteroatoms. The quantitative estimate of drug-likeness (QED) is 0.741. The molecule has 0 spiro atoms. The number of carbonyl (C=O) groups is 2. The topological polar surface area (TPSA) is 78.4 Å². The summed E-state index contributed by atoms with van der Waals surface area (Å²) < 4.78 is 0. The van der Waals surface area contributed by atoms with Gasteiger partial charge in [0.1, 0.15) is 6.04 Å². The van der Waals surface area contributed by atoms with Crippen molar-refractivity contribution in [1.82, 2.24) is 5.32 Å². The second kappa shape index (κ2) is 5.08. The summed E-state index contributed by atoms with van der Waals surface area (Å²) in [5.74, 6) is -1.46. The number of rotatable bonds is 3. The normalized spacial score (nSPS) is 19.3. The van der Waals surface area contributed by atoms with Crippen LogP contribution in [0.15, 0.2) is 24.3 Å². The number of para-hydroxylation sites is 1. The van der Waals surface area contributed by atoms with Crippen LogP contribution in [0.5, 0.6) is 0 Å². The number of anilines is 1. The molecule has 0 fully saturated rings. The number of nitrogens with one attached hydrogen (secondary N) is 2. The lowest BCUT2D eigenvalue weighted by Crippen LogP contribution is -2.45. The van der Waals surface area contributed by atoms with Crippen LogP contribution in [0, 0.1) is 5.92 Å². The van der Waals surface area contributed by atoms with Crippen LogP contribution in [0.25, 0.3) is 0 Å². The number of carboxylic acids is 1. The number of hydrogen-bond acceptors (Lipinski definition) is 3. The minimum Gasteiger partial charge on any atom is -0.480 e. The summed E-state index contributed by atoms with van der Waals surface area (Å²) in [4.78, 5) is 22.6. The third-order valence-corrected chi connectivity index (χ3v) is 3.12. The summed E-state index contributed by atoms with van der Waals surface area (Å²) in [7, 11) is 0. The highest BCUT2D eigenvalue weighted by Crippen LogP contribution is 2.24. The molecule has 0 bridgehead atoms. The molecule has 1 heterocycles. The van der Waals surface area contributed by atoms with Crippen molar-refractivity contribution in [3.05, 3.63) is 29.8 Å². The van der Waals surface area contributed by atoms with E-state index in [0.717, 1.165) is 11.3 Å². The molecular weight excluding hydrogens is 232 g/mol. The number of benzene rings is 1. The van der Waals surface area contributed by atoms with Crippen molar-refractivity contribution in [3.8, 4) is 0 Å². The lowest BCUT2D eigenvalue weighted by atomic mass is 9.93. The van der Waals surface area contributed by atoms with Crippen LogP contribution in [-0.4, -0.2) is 29.6 Å². The van der Waals surface area contributed by atoms with Crippen LogP contribution in [0.2, 0.25) is 0 Å². The third-order valence-electron chi connectivity index (χ3n) is 3.12. The summed E-state index contributed by atoms with van der Waals surface area (Å²) in [6, 6.07) is 6.97. The molecule has 1 unspecified atom stereocenters. The van der Waals surface area contributed by atoms with Gasteiger partial charge < -0.3 is 15.7 Å². The van der Waals surface area contributed by atoms with Gasteiger partial charge in [-0.05, 0) is 25.0 Å². The summed E-state index contributed by atoms with van der Waals surface area (Å²) >= 11 is 0. The zero-order chi connectivity index (χ0) is 13.1. The van der Waals surface area contributed by atoms with E-state index >= 15 is 0 Å². The van der Waals surface area contributed by atoms with E-state index in [1.807, 2.05) is 24.3 Å². The van der Waals surface area contributed by atoms with E-state index in [0.29, 0.717) is 13.0 Å². The zero-order valence-corrected chi connectivity index (χ0v) is 10.1. The lowest BCUT2D eigenvalue weighted by molar-refractivity contribution is -0.141. The molecule has 2 atom stereocenters. The fourth-order valence-electron chi connectivity index (χ4n) is 2.02. The van der Waals surface area contributed by atoms with E-state index in [9.17, 15) is 9.59 Å². The van der Waals surface area contributed by atoms with Gasteiger partial charge in [0.25, 0.3) is 0 Å². The van der Waals surface area contributed by atoms with Crippen LogP contribution in [0.1, 0.15) is 12.5 Å². The Bertz CT molecular complexity index is 473. The van der Waals surface area contributed by atoms with Crippen LogP contribution in [0.4, 0.5) is 5.69 Å². The van der Waals surface area contributed by atoms with E-state index in [1.165, 1.54) is 6.92 Å². The molecule has 0 aliphatic carbocycles. The minimum absolute atomic E-state index is 0.216. The molecule has 0 aromatic heterocycles. The van der Waals surface area contributed by atoms with Gasteiger partial charge in [0.2, 0.25) is 5.91 Å². The lowest BCUT2D eigenvalue weighted by Gasteiger charge is -2.26. The standard InChI is InChI=1S/C13H16N2O3/c1-8(13(17)18)15-12(16)10-6-9-4-2-3-5-11(9)14-7-10/h2-5,8,10,14H,6-7H2,1H3,(H,15,16)(H,17,18)/t8-,10?/m0/s1. The molecule has 0 radical (unpaired) electrons. The van der Waals surface area contributed by atoms with Gasteiger partial charge in [0.05, 0.1) is 5.92 Å². The first-order valence-corrected chi connectivity index (χ1v) is 5.93. The van der Waals surface area contributed by atoms with Crippen molar-refractivity contribution < 1.29 is 14.7 Å². The molecule has 18 heavy (non-hydrogen) atoms. The Morgan fingerprint density at radius 1 is 1.44 bits per heavy atom. The predicted molar refractivity (Wildman–Crippen MR) is 67.4 cm³/mol. The van der Waals surface area contributed by atoms with E-state index in [4.69, 9.17) is 5.11 Å². The van der Waals surface area contributed by atoms with Crippen LogP contribution in [-0.2, 0) is 16.0 Å². The van der Waals surface area contributed by atoms with Crippen molar-refractivity contribution in [1.29, 1.82) is 0 Å². The maximum atomic E-state index is 11.9. The van der Waals surface area contributed by atoms with Crippen LogP contribution < -0.4 is 10.6 Å². The van der Waals surface area contributed by atoms with Crippen molar-refractivity contribution in [3.63, 3.8) is 0 Å². The smallest absolute Gasteiger partial charge is 0.325 e. The number of fused-ring (bicyclic) bond motifs is 1. The van der Waals surface area contributed by atoms with Gasteiger partial charge >= 0.3 is 5.97 Å². The molecule has 2 rings (SSSR count). The Morgan fingerprint density at radius 3 is 2.89 bits per heavy atom. The maximum absolute atomic E-state index is 11.9. The number of amides is 1. The first-order chi connectivity index (χ1) is 8.58.